The molecule has 0 saturated carbocycles. The van der Waals surface area contributed by atoms with Gasteiger partial charge < -0.3 is 11.5 Å². The summed E-state index contributed by atoms with van der Waals surface area (Å²) in [5.74, 6) is 0. The summed E-state index contributed by atoms with van der Waals surface area (Å²) in [6, 6.07) is 0.285. The highest BCUT2D eigenvalue weighted by atomic mass is 14.8. The van der Waals surface area contributed by atoms with Crippen molar-refractivity contribution in [3.05, 3.63) is 0 Å². The van der Waals surface area contributed by atoms with Crippen LogP contribution in [0.5, 0.6) is 0 Å². The van der Waals surface area contributed by atoms with Gasteiger partial charge in [-0.15, -0.1) is 0 Å². The summed E-state index contributed by atoms with van der Waals surface area (Å²) in [4.78, 5) is 0. The first-order valence-electron chi connectivity index (χ1n) is 4.96. The molecule has 0 aliphatic rings. The summed E-state index contributed by atoms with van der Waals surface area (Å²) < 4.78 is 0. The molecule has 0 spiro atoms. The molecule has 0 bridgehead atoms. The van der Waals surface area contributed by atoms with Gasteiger partial charge in [-0.2, -0.15) is 0 Å². The predicted molar refractivity (Wildman–Crippen MR) is 54.9 cm³/mol. The fourth-order valence-corrected chi connectivity index (χ4v) is 1.33. The van der Waals surface area contributed by atoms with Crippen LogP contribution in [0.3, 0.4) is 0 Å². The van der Waals surface area contributed by atoms with Gasteiger partial charge in [-0.05, 0) is 18.3 Å². The smallest absolute Gasteiger partial charge is 0.0244 e. The summed E-state index contributed by atoms with van der Waals surface area (Å²) in [7, 11) is 0. The van der Waals surface area contributed by atoms with Gasteiger partial charge in [-0.3, -0.25) is 0 Å². The molecule has 2 nitrogen and oxygen atoms in total. The minimum absolute atomic E-state index is 0.127. The molecule has 0 aliphatic heterocycles. The van der Waals surface area contributed by atoms with E-state index in [-0.39, 0.29) is 17.5 Å². The first-order valence-corrected chi connectivity index (χ1v) is 4.96. The Morgan fingerprint density at radius 2 is 1.67 bits per heavy atom. The molecule has 0 radical (unpaired) electrons. The van der Waals surface area contributed by atoms with Crippen LogP contribution in [0, 0.1) is 5.41 Å². The zero-order valence-electron chi connectivity index (χ0n) is 8.93. The average molecular weight is 172 g/mol. The Morgan fingerprint density at radius 1 is 1.17 bits per heavy atom. The third-order valence-electron chi connectivity index (χ3n) is 2.90. The van der Waals surface area contributed by atoms with E-state index in [0.717, 1.165) is 19.3 Å². The average Bonchev–Trinajstić information content (AvgIpc) is 2.03. The highest BCUT2D eigenvalue weighted by Crippen LogP contribution is 2.25. The van der Waals surface area contributed by atoms with Crippen molar-refractivity contribution in [2.24, 2.45) is 16.9 Å². The molecule has 0 rings (SSSR count). The molecule has 12 heavy (non-hydrogen) atoms. The van der Waals surface area contributed by atoms with Crippen LogP contribution in [-0.2, 0) is 0 Å². The lowest BCUT2D eigenvalue weighted by Crippen LogP contribution is -2.50. The van der Waals surface area contributed by atoms with Crippen LogP contribution < -0.4 is 11.5 Å². The molecular formula is C10H24N2. The molecule has 74 valence electrons. The zero-order chi connectivity index (χ0) is 9.78. The summed E-state index contributed by atoms with van der Waals surface area (Å²) in [5, 5.41) is 0. The van der Waals surface area contributed by atoms with E-state index in [1.165, 1.54) is 0 Å². The van der Waals surface area contributed by atoms with E-state index in [2.05, 4.69) is 27.7 Å². The lowest BCUT2D eigenvalue weighted by Gasteiger charge is -2.34. The fraction of sp³-hybridized carbons (Fsp3) is 1.00. The van der Waals surface area contributed by atoms with Gasteiger partial charge in [0.25, 0.3) is 0 Å². The summed E-state index contributed by atoms with van der Waals surface area (Å²) >= 11 is 0. The van der Waals surface area contributed by atoms with Gasteiger partial charge in [0, 0.05) is 12.1 Å². The molecule has 0 heterocycles. The lowest BCUT2D eigenvalue weighted by molar-refractivity contribution is 0.236. The maximum absolute atomic E-state index is 6.07. The largest absolute Gasteiger partial charge is 0.326 e. The predicted octanol–water partition coefficient (Wildman–Crippen LogP) is 1.88. The second kappa shape index (κ2) is 4.83. The number of hydrogen-bond acceptors (Lipinski definition) is 2. The van der Waals surface area contributed by atoms with E-state index in [1.807, 2.05) is 0 Å². The molecular weight excluding hydrogens is 148 g/mol. The van der Waals surface area contributed by atoms with Crippen LogP contribution in [-0.4, -0.2) is 12.1 Å². The molecule has 2 heteroatoms. The van der Waals surface area contributed by atoms with E-state index >= 15 is 0 Å². The van der Waals surface area contributed by atoms with Gasteiger partial charge in [-0.25, -0.2) is 0 Å². The van der Waals surface area contributed by atoms with E-state index < -0.39 is 0 Å². The van der Waals surface area contributed by atoms with Crippen LogP contribution in [0.15, 0.2) is 0 Å². The first kappa shape index (κ1) is 11.9. The fourth-order valence-electron chi connectivity index (χ4n) is 1.33. The Morgan fingerprint density at radius 3 is 2.00 bits per heavy atom. The monoisotopic (exact) mass is 172 g/mol. The van der Waals surface area contributed by atoms with Crippen LogP contribution >= 0.6 is 0 Å². The molecule has 0 amide bonds. The summed E-state index contributed by atoms with van der Waals surface area (Å²) in [6.45, 7) is 8.68. The Balaban J connectivity index is 4.07. The molecule has 0 aliphatic carbocycles. The zero-order valence-corrected chi connectivity index (χ0v) is 8.93. The molecule has 4 N–H and O–H groups in total. The standard InChI is InChI=1S/C10H24N2/c1-5-7-8(11)9(12)10(3,4)6-2/h8-9H,5-7,11-12H2,1-4H3. The van der Waals surface area contributed by atoms with Crippen LogP contribution in [0.25, 0.3) is 0 Å². The quantitative estimate of drug-likeness (QED) is 0.665. The van der Waals surface area contributed by atoms with E-state index in [0.29, 0.717) is 0 Å². The molecule has 2 atom stereocenters. The van der Waals surface area contributed by atoms with Gasteiger partial charge in [0.05, 0.1) is 0 Å². The van der Waals surface area contributed by atoms with Gasteiger partial charge in [0.2, 0.25) is 0 Å². The summed E-state index contributed by atoms with van der Waals surface area (Å²) in [6.07, 6.45) is 3.24. The molecule has 0 aromatic carbocycles. The SMILES string of the molecule is CCCC(N)C(N)C(C)(C)CC. The summed E-state index contributed by atoms with van der Waals surface area (Å²) in [5.41, 5.74) is 12.2. The van der Waals surface area contributed by atoms with Crippen molar-refractivity contribution in [1.29, 1.82) is 0 Å². The number of hydrogen-bond donors (Lipinski definition) is 2. The van der Waals surface area contributed by atoms with Crippen molar-refractivity contribution in [2.45, 2.75) is 59.0 Å². The van der Waals surface area contributed by atoms with Crippen molar-refractivity contribution < 1.29 is 0 Å². The molecule has 0 saturated heterocycles. The van der Waals surface area contributed by atoms with Crippen LogP contribution in [0.4, 0.5) is 0 Å². The van der Waals surface area contributed by atoms with Crippen molar-refractivity contribution >= 4 is 0 Å². The Labute approximate surface area is 76.7 Å². The van der Waals surface area contributed by atoms with Gasteiger partial charge in [-0.1, -0.05) is 34.1 Å². The molecule has 2 unspecified atom stereocenters. The first-order chi connectivity index (χ1) is 5.45. The Hall–Kier alpha value is -0.0800. The third kappa shape index (κ3) is 3.11. The second-order valence-electron chi connectivity index (χ2n) is 4.32. The molecule has 0 fully saturated rings. The maximum Gasteiger partial charge on any atom is 0.0244 e. The number of rotatable bonds is 5. The highest BCUT2D eigenvalue weighted by molar-refractivity contribution is 4.87. The van der Waals surface area contributed by atoms with Crippen molar-refractivity contribution in [3.8, 4) is 0 Å². The maximum atomic E-state index is 6.07. The van der Waals surface area contributed by atoms with E-state index in [4.69, 9.17) is 11.5 Å². The van der Waals surface area contributed by atoms with Crippen molar-refractivity contribution in [2.75, 3.05) is 0 Å². The van der Waals surface area contributed by atoms with Gasteiger partial charge >= 0.3 is 0 Å². The Bertz CT molecular complexity index is 121. The lowest BCUT2D eigenvalue weighted by atomic mass is 9.78. The normalized spacial score (nSPS) is 17.5. The van der Waals surface area contributed by atoms with Gasteiger partial charge in [0.1, 0.15) is 0 Å². The number of nitrogens with two attached hydrogens (primary N) is 2. The minimum Gasteiger partial charge on any atom is -0.326 e. The topological polar surface area (TPSA) is 52.0 Å². The highest BCUT2D eigenvalue weighted by Gasteiger charge is 2.28. The second-order valence-corrected chi connectivity index (χ2v) is 4.32. The minimum atomic E-state index is 0.127. The van der Waals surface area contributed by atoms with E-state index in [9.17, 15) is 0 Å². The van der Waals surface area contributed by atoms with E-state index in [1.54, 1.807) is 0 Å². The van der Waals surface area contributed by atoms with Crippen molar-refractivity contribution in [3.63, 3.8) is 0 Å². The molecule has 0 aromatic rings. The van der Waals surface area contributed by atoms with Crippen molar-refractivity contribution in [1.82, 2.24) is 0 Å². The van der Waals surface area contributed by atoms with Crippen LogP contribution in [0.1, 0.15) is 47.0 Å². The van der Waals surface area contributed by atoms with Gasteiger partial charge in [0.15, 0.2) is 0 Å². The molecule has 0 aromatic heterocycles. The third-order valence-corrected chi connectivity index (χ3v) is 2.90. The Kier molecular flexibility index (Phi) is 4.80. The van der Waals surface area contributed by atoms with Crippen LogP contribution in [0.2, 0.25) is 0 Å².